The van der Waals surface area contributed by atoms with Gasteiger partial charge in [-0.3, -0.25) is 25.0 Å². The van der Waals surface area contributed by atoms with Gasteiger partial charge in [0.2, 0.25) is 5.91 Å². The SMILES string of the molecule is CC(C)[C@H](Nc1ccc([N+](=O)[O-])c(F)c1[N+](=O)[O-])C(N)=O. The Hall–Kier alpha value is -2.78. The minimum absolute atomic E-state index is 0.319. The van der Waals surface area contributed by atoms with Crippen LogP contribution in [0.1, 0.15) is 13.8 Å². The smallest absolute Gasteiger partial charge is 0.334 e. The Bertz CT molecular complexity index is 605. The monoisotopic (exact) mass is 300 g/mol. The van der Waals surface area contributed by atoms with E-state index in [0.29, 0.717) is 0 Å². The summed E-state index contributed by atoms with van der Waals surface area (Å²) in [5, 5.41) is 24.0. The van der Waals surface area contributed by atoms with E-state index in [1.54, 1.807) is 13.8 Å². The average molecular weight is 300 g/mol. The zero-order valence-electron chi connectivity index (χ0n) is 11.2. The van der Waals surface area contributed by atoms with Crippen LogP contribution in [0.25, 0.3) is 0 Å². The van der Waals surface area contributed by atoms with Gasteiger partial charge in [0.25, 0.3) is 5.82 Å². The van der Waals surface area contributed by atoms with Crippen LogP contribution < -0.4 is 11.1 Å². The van der Waals surface area contributed by atoms with Gasteiger partial charge < -0.3 is 11.1 Å². The van der Waals surface area contributed by atoms with Crippen LogP contribution in [0.15, 0.2) is 12.1 Å². The van der Waals surface area contributed by atoms with Gasteiger partial charge in [-0.1, -0.05) is 13.8 Å². The number of nitrogens with one attached hydrogen (secondary N) is 1. The minimum atomic E-state index is -1.58. The van der Waals surface area contributed by atoms with Gasteiger partial charge in [0.15, 0.2) is 0 Å². The van der Waals surface area contributed by atoms with Gasteiger partial charge in [0.1, 0.15) is 11.7 Å². The van der Waals surface area contributed by atoms with Crippen LogP contribution in [-0.4, -0.2) is 21.8 Å². The molecule has 1 aromatic rings. The first kappa shape index (κ1) is 16.3. The van der Waals surface area contributed by atoms with Crippen molar-refractivity contribution in [2.75, 3.05) is 5.32 Å². The normalized spacial score (nSPS) is 12.0. The van der Waals surface area contributed by atoms with E-state index in [4.69, 9.17) is 5.73 Å². The second-order valence-corrected chi connectivity index (χ2v) is 4.58. The molecule has 3 N–H and O–H groups in total. The summed E-state index contributed by atoms with van der Waals surface area (Å²) >= 11 is 0. The molecule has 0 aliphatic carbocycles. The molecule has 0 bridgehead atoms. The highest BCUT2D eigenvalue weighted by atomic mass is 19.1. The van der Waals surface area contributed by atoms with Crippen molar-refractivity contribution in [2.45, 2.75) is 19.9 Å². The lowest BCUT2D eigenvalue weighted by atomic mass is 10.0. The first-order chi connectivity index (χ1) is 9.66. The maximum Gasteiger partial charge on any atom is 0.334 e. The molecule has 1 rings (SSSR count). The Morgan fingerprint density at radius 1 is 1.29 bits per heavy atom. The minimum Gasteiger partial charge on any atom is -0.368 e. The quantitative estimate of drug-likeness (QED) is 0.603. The van der Waals surface area contributed by atoms with Crippen LogP contribution in [0, 0.1) is 32.0 Å². The van der Waals surface area contributed by atoms with Crippen LogP contribution in [-0.2, 0) is 4.79 Å². The molecular formula is C11H13FN4O5. The molecule has 0 saturated heterocycles. The summed E-state index contributed by atoms with van der Waals surface area (Å²) in [5.74, 6) is -2.68. The molecule has 114 valence electrons. The zero-order chi connectivity index (χ0) is 16.3. The number of nitrogens with two attached hydrogens (primary N) is 1. The summed E-state index contributed by atoms with van der Waals surface area (Å²) in [6.07, 6.45) is 0. The number of nitrogens with zero attached hydrogens (tertiary/aromatic N) is 2. The number of carbonyl (C=O) groups excluding carboxylic acids is 1. The van der Waals surface area contributed by atoms with Gasteiger partial charge in [0.05, 0.1) is 9.85 Å². The molecule has 0 radical (unpaired) electrons. The summed E-state index contributed by atoms with van der Waals surface area (Å²) in [4.78, 5) is 30.6. The molecule has 21 heavy (non-hydrogen) atoms. The van der Waals surface area contributed by atoms with E-state index in [2.05, 4.69) is 5.32 Å². The fourth-order valence-electron chi connectivity index (χ4n) is 1.72. The second-order valence-electron chi connectivity index (χ2n) is 4.58. The number of rotatable bonds is 6. The van der Waals surface area contributed by atoms with Gasteiger partial charge in [-0.05, 0) is 12.0 Å². The Morgan fingerprint density at radius 2 is 1.86 bits per heavy atom. The molecule has 0 saturated carbocycles. The number of primary amides is 1. The second kappa shape index (κ2) is 6.11. The van der Waals surface area contributed by atoms with Gasteiger partial charge in [0, 0.05) is 6.07 Å². The van der Waals surface area contributed by atoms with Crippen molar-refractivity contribution in [3.63, 3.8) is 0 Å². The fourth-order valence-corrected chi connectivity index (χ4v) is 1.72. The lowest BCUT2D eigenvalue weighted by Gasteiger charge is -2.20. The van der Waals surface area contributed by atoms with Gasteiger partial charge >= 0.3 is 11.4 Å². The summed E-state index contributed by atoms with van der Waals surface area (Å²) < 4.78 is 13.8. The van der Waals surface area contributed by atoms with Crippen molar-refractivity contribution >= 4 is 23.0 Å². The van der Waals surface area contributed by atoms with E-state index in [-0.39, 0.29) is 11.6 Å². The molecule has 1 atom stereocenters. The Kier molecular flexibility index (Phi) is 4.74. The molecule has 10 heteroatoms. The third-order valence-corrected chi connectivity index (χ3v) is 2.76. The number of benzene rings is 1. The molecule has 0 aromatic heterocycles. The molecule has 0 aliphatic rings. The Labute approximate surface area is 118 Å². The number of anilines is 1. The summed E-state index contributed by atoms with van der Waals surface area (Å²) in [6, 6.07) is 0.769. The highest BCUT2D eigenvalue weighted by Gasteiger charge is 2.31. The molecular weight excluding hydrogens is 287 g/mol. The van der Waals surface area contributed by atoms with E-state index in [9.17, 15) is 29.4 Å². The zero-order valence-corrected chi connectivity index (χ0v) is 11.2. The number of hydrogen-bond acceptors (Lipinski definition) is 6. The van der Waals surface area contributed by atoms with Crippen molar-refractivity contribution in [2.24, 2.45) is 11.7 Å². The molecule has 0 unspecified atom stereocenters. The largest absolute Gasteiger partial charge is 0.368 e. The van der Waals surface area contributed by atoms with Crippen LogP contribution in [0.5, 0.6) is 0 Å². The van der Waals surface area contributed by atoms with E-state index >= 15 is 0 Å². The predicted molar refractivity (Wildman–Crippen MR) is 71.2 cm³/mol. The first-order valence-corrected chi connectivity index (χ1v) is 5.84. The fraction of sp³-hybridized carbons (Fsp3) is 0.364. The van der Waals surface area contributed by atoms with E-state index in [0.717, 1.165) is 12.1 Å². The Morgan fingerprint density at radius 3 is 2.24 bits per heavy atom. The number of nitro benzene ring substituents is 2. The van der Waals surface area contributed by atoms with Crippen molar-refractivity contribution < 1.29 is 19.0 Å². The van der Waals surface area contributed by atoms with E-state index in [1.165, 1.54) is 0 Å². The van der Waals surface area contributed by atoms with Gasteiger partial charge in [-0.2, -0.15) is 4.39 Å². The molecule has 9 nitrogen and oxygen atoms in total. The maximum atomic E-state index is 13.8. The van der Waals surface area contributed by atoms with E-state index < -0.39 is 39.0 Å². The lowest BCUT2D eigenvalue weighted by Crippen LogP contribution is -2.39. The molecule has 0 fully saturated rings. The molecule has 0 spiro atoms. The van der Waals surface area contributed by atoms with Gasteiger partial charge in [-0.25, -0.2) is 0 Å². The standard InChI is InChI=1S/C11H13FN4O5/c1-5(2)9(11(13)17)14-6-3-4-7(15(18)19)8(12)10(6)16(20)21/h3-5,9,14H,1-2H3,(H2,13,17)/t9-/m0/s1. The molecule has 1 aromatic carbocycles. The van der Waals surface area contributed by atoms with Gasteiger partial charge in [-0.15, -0.1) is 0 Å². The summed E-state index contributed by atoms with van der Waals surface area (Å²) in [6.45, 7) is 3.27. The number of carbonyl (C=O) groups is 1. The number of halogens is 1. The lowest BCUT2D eigenvalue weighted by molar-refractivity contribution is -0.398. The van der Waals surface area contributed by atoms with Crippen molar-refractivity contribution in [1.82, 2.24) is 0 Å². The third-order valence-electron chi connectivity index (χ3n) is 2.76. The van der Waals surface area contributed by atoms with Crippen molar-refractivity contribution in [1.29, 1.82) is 0 Å². The van der Waals surface area contributed by atoms with Crippen molar-refractivity contribution in [3.8, 4) is 0 Å². The van der Waals surface area contributed by atoms with Crippen LogP contribution in [0.2, 0.25) is 0 Å². The number of hydrogen-bond donors (Lipinski definition) is 2. The number of nitro groups is 2. The number of amides is 1. The van der Waals surface area contributed by atoms with Crippen LogP contribution >= 0.6 is 0 Å². The Balaban J connectivity index is 3.37. The predicted octanol–water partition coefficient (Wildman–Crippen LogP) is 1.56. The highest BCUT2D eigenvalue weighted by molar-refractivity contribution is 5.84. The first-order valence-electron chi connectivity index (χ1n) is 5.84. The topological polar surface area (TPSA) is 141 Å². The average Bonchev–Trinajstić information content (AvgIpc) is 2.33. The summed E-state index contributed by atoms with van der Waals surface area (Å²) in [5.41, 5.74) is 2.69. The third kappa shape index (κ3) is 3.41. The van der Waals surface area contributed by atoms with Crippen LogP contribution in [0.4, 0.5) is 21.5 Å². The maximum absolute atomic E-state index is 13.8. The molecule has 0 heterocycles. The molecule has 1 amide bonds. The molecule has 0 aliphatic heterocycles. The summed E-state index contributed by atoms with van der Waals surface area (Å²) in [7, 11) is 0. The van der Waals surface area contributed by atoms with Crippen LogP contribution in [0.3, 0.4) is 0 Å². The van der Waals surface area contributed by atoms with Crippen molar-refractivity contribution in [3.05, 3.63) is 38.2 Å². The highest BCUT2D eigenvalue weighted by Crippen LogP contribution is 2.34. The van der Waals surface area contributed by atoms with E-state index in [1.807, 2.05) is 0 Å².